The molecule has 172 valence electrons. The van der Waals surface area contributed by atoms with Gasteiger partial charge in [0.05, 0.1) is 17.0 Å². The molecule has 9 heteroatoms. The van der Waals surface area contributed by atoms with E-state index in [-0.39, 0.29) is 12.0 Å². The second-order valence-electron chi connectivity index (χ2n) is 8.52. The Morgan fingerprint density at radius 2 is 1.85 bits per heavy atom. The van der Waals surface area contributed by atoms with Gasteiger partial charge in [-0.15, -0.1) is 31.7 Å². The van der Waals surface area contributed by atoms with Crippen molar-refractivity contribution in [3.05, 3.63) is 74.3 Å². The van der Waals surface area contributed by atoms with Crippen molar-refractivity contribution >= 4 is 28.6 Å². The third-order valence-corrected chi connectivity index (χ3v) is 6.97. The summed E-state index contributed by atoms with van der Waals surface area (Å²) in [6.45, 7) is 10.0. The molecule has 0 saturated heterocycles. The van der Waals surface area contributed by atoms with Gasteiger partial charge in [0.25, 0.3) is 0 Å². The smallest absolute Gasteiger partial charge is 0.219 e. The number of thiophene rings is 1. The van der Waals surface area contributed by atoms with Gasteiger partial charge < -0.3 is 4.42 Å². The van der Waals surface area contributed by atoms with E-state index in [0.717, 1.165) is 43.9 Å². The molecule has 0 radical (unpaired) electrons. The predicted molar refractivity (Wildman–Crippen MR) is 133 cm³/mol. The molecule has 3 aromatic heterocycles. The van der Waals surface area contributed by atoms with Crippen LogP contribution in [0.15, 0.2) is 33.7 Å². The zero-order valence-electron chi connectivity index (χ0n) is 19.5. The topological polar surface area (TPSA) is 82.0 Å². The number of aliphatic imine (C=N–C) groups is 1. The number of hydrogen-bond acceptors (Lipinski definition) is 7. The number of rotatable bonds is 3. The Labute approximate surface area is 206 Å². The zero-order chi connectivity index (χ0) is 24.0. The Balaban J connectivity index is 1.76. The van der Waals surface area contributed by atoms with Crippen molar-refractivity contribution in [1.29, 1.82) is 0 Å². The van der Waals surface area contributed by atoms with Crippen molar-refractivity contribution in [2.45, 2.75) is 47.1 Å². The second-order valence-corrected chi connectivity index (χ2v) is 9.96. The summed E-state index contributed by atoms with van der Waals surface area (Å²) in [7, 11) is 0. The number of hydrogen-bond donors (Lipinski definition) is 0. The molecular weight excluding hydrogens is 468 g/mol. The molecule has 0 fully saturated rings. The average molecular weight is 491 g/mol. The summed E-state index contributed by atoms with van der Waals surface area (Å²) in [5.74, 6) is 9.51. The summed E-state index contributed by atoms with van der Waals surface area (Å²) < 4.78 is 7.77. The van der Waals surface area contributed by atoms with Gasteiger partial charge in [-0.2, -0.15) is 0 Å². The molecule has 0 saturated carbocycles. The molecule has 1 aliphatic rings. The predicted octanol–water partition coefficient (Wildman–Crippen LogP) is 5.43. The molecule has 0 spiro atoms. The molecule has 0 aliphatic carbocycles. The molecule has 7 nitrogen and oxygen atoms in total. The molecular formula is C25H23ClN6OS. The summed E-state index contributed by atoms with van der Waals surface area (Å²) in [4.78, 5) is 6.25. The molecule has 4 heterocycles. The molecule has 34 heavy (non-hydrogen) atoms. The number of halogens is 1. The standard InChI is InChI=1S/C25H23ClN6OS/c1-13(2)6-11-20-14(3)22-23(17-7-9-18(26)10-8-17)27-19(12-21-30-29-16(5)33-21)24-31-28-15(4)32(24)25(22)34-20/h7-10,13,19H,12H2,1-5H3/t19-/m0/s1. The van der Waals surface area contributed by atoms with Crippen LogP contribution >= 0.6 is 22.9 Å². The van der Waals surface area contributed by atoms with Gasteiger partial charge in [0.15, 0.2) is 5.82 Å². The first-order chi connectivity index (χ1) is 16.3. The summed E-state index contributed by atoms with van der Waals surface area (Å²) in [6, 6.07) is 7.40. The lowest BCUT2D eigenvalue weighted by Gasteiger charge is -2.11. The highest BCUT2D eigenvalue weighted by molar-refractivity contribution is 7.15. The maximum Gasteiger partial charge on any atom is 0.219 e. The van der Waals surface area contributed by atoms with E-state index in [2.05, 4.69) is 57.6 Å². The number of nitrogens with zero attached hydrogens (tertiary/aromatic N) is 6. The number of aryl methyl sites for hydroxylation is 2. The minimum Gasteiger partial charge on any atom is -0.426 e. The van der Waals surface area contributed by atoms with E-state index in [4.69, 9.17) is 21.0 Å². The fourth-order valence-electron chi connectivity index (χ4n) is 3.94. The summed E-state index contributed by atoms with van der Waals surface area (Å²) >= 11 is 7.84. The summed E-state index contributed by atoms with van der Waals surface area (Å²) in [5.41, 5.74) is 3.96. The third kappa shape index (κ3) is 4.06. The van der Waals surface area contributed by atoms with Crippen LogP contribution < -0.4 is 0 Å². The normalized spacial score (nSPS) is 14.8. The van der Waals surface area contributed by atoms with Crippen molar-refractivity contribution in [2.75, 3.05) is 0 Å². The van der Waals surface area contributed by atoms with Gasteiger partial charge in [-0.05, 0) is 31.5 Å². The lowest BCUT2D eigenvalue weighted by molar-refractivity contribution is 0.447. The van der Waals surface area contributed by atoms with Crippen LogP contribution in [0, 0.1) is 38.5 Å². The second kappa shape index (κ2) is 8.82. The highest BCUT2D eigenvalue weighted by atomic mass is 35.5. The van der Waals surface area contributed by atoms with Gasteiger partial charge in [-0.3, -0.25) is 9.56 Å². The number of aromatic nitrogens is 5. The fourth-order valence-corrected chi connectivity index (χ4v) is 5.29. The lowest BCUT2D eigenvalue weighted by Crippen LogP contribution is -2.09. The number of fused-ring (bicyclic) bond motifs is 3. The zero-order valence-corrected chi connectivity index (χ0v) is 21.1. The molecule has 0 unspecified atom stereocenters. The lowest BCUT2D eigenvalue weighted by atomic mass is 9.99. The van der Waals surface area contributed by atoms with Crippen LogP contribution in [0.1, 0.15) is 64.9 Å². The van der Waals surface area contributed by atoms with Crippen LogP contribution in [0.2, 0.25) is 5.02 Å². The van der Waals surface area contributed by atoms with Crippen LogP contribution in [0.4, 0.5) is 0 Å². The maximum absolute atomic E-state index is 6.20. The number of benzene rings is 1. The average Bonchev–Trinajstić information content (AvgIpc) is 3.45. The Morgan fingerprint density at radius 1 is 1.09 bits per heavy atom. The van der Waals surface area contributed by atoms with Crippen LogP contribution in [0.3, 0.4) is 0 Å². The largest absolute Gasteiger partial charge is 0.426 e. The van der Waals surface area contributed by atoms with Crippen LogP contribution in [0.5, 0.6) is 0 Å². The molecule has 1 aliphatic heterocycles. The summed E-state index contributed by atoms with van der Waals surface area (Å²) in [6.07, 6.45) is 0.421. The van der Waals surface area contributed by atoms with Crippen LogP contribution in [0.25, 0.3) is 5.00 Å². The van der Waals surface area contributed by atoms with Gasteiger partial charge in [0, 0.05) is 29.0 Å². The Hall–Kier alpha value is -3.28. The van der Waals surface area contributed by atoms with E-state index in [9.17, 15) is 0 Å². The Kier molecular flexibility index (Phi) is 5.84. The van der Waals surface area contributed by atoms with Crippen molar-refractivity contribution < 1.29 is 4.42 Å². The molecule has 0 N–H and O–H groups in total. The van der Waals surface area contributed by atoms with Crippen LogP contribution in [-0.2, 0) is 6.42 Å². The van der Waals surface area contributed by atoms with Crippen molar-refractivity contribution in [2.24, 2.45) is 10.9 Å². The van der Waals surface area contributed by atoms with Gasteiger partial charge in [0.1, 0.15) is 16.9 Å². The van der Waals surface area contributed by atoms with E-state index in [0.29, 0.717) is 23.2 Å². The summed E-state index contributed by atoms with van der Waals surface area (Å²) in [5, 5.41) is 18.8. The van der Waals surface area contributed by atoms with Crippen molar-refractivity contribution in [1.82, 2.24) is 25.0 Å². The minimum atomic E-state index is -0.351. The van der Waals surface area contributed by atoms with E-state index in [1.54, 1.807) is 18.3 Å². The first kappa shape index (κ1) is 22.5. The maximum atomic E-state index is 6.20. The Bertz CT molecular complexity index is 1470. The van der Waals surface area contributed by atoms with Gasteiger partial charge in [-0.25, -0.2) is 0 Å². The minimum absolute atomic E-state index is 0.278. The highest BCUT2D eigenvalue weighted by Crippen LogP contribution is 2.39. The highest BCUT2D eigenvalue weighted by Gasteiger charge is 2.32. The fraction of sp³-hybridized carbons (Fsp3) is 0.320. The SMILES string of the molecule is Cc1nnc(C[C@@H]2N=C(c3ccc(Cl)cc3)c3c(sc(C#CC(C)C)c3C)-n3c(C)nnc32)o1. The first-order valence-corrected chi connectivity index (χ1v) is 12.2. The third-order valence-electron chi connectivity index (χ3n) is 5.53. The molecule has 0 bridgehead atoms. The van der Waals surface area contributed by atoms with Gasteiger partial charge in [-0.1, -0.05) is 49.4 Å². The monoisotopic (exact) mass is 490 g/mol. The van der Waals surface area contributed by atoms with Gasteiger partial charge >= 0.3 is 0 Å². The van der Waals surface area contributed by atoms with Crippen LogP contribution in [-0.4, -0.2) is 30.7 Å². The quantitative estimate of drug-likeness (QED) is 0.357. The van der Waals surface area contributed by atoms with E-state index >= 15 is 0 Å². The molecule has 4 aromatic rings. The van der Waals surface area contributed by atoms with Crippen molar-refractivity contribution in [3.8, 4) is 16.8 Å². The van der Waals surface area contributed by atoms with Gasteiger partial charge in [0.2, 0.25) is 11.8 Å². The molecule has 5 rings (SSSR count). The first-order valence-electron chi connectivity index (χ1n) is 11.0. The Morgan fingerprint density at radius 3 is 2.53 bits per heavy atom. The van der Waals surface area contributed by atoms with E-state index in [1.165, 1.54) is 0 Å². The van der Waals surface area contributed by atoms with Crippen molar-refractivity contribution in [3.63, 3.8) is 0 Å². The molecule has 1 aromatic carbocycles. The van der Waals surface area contributed by atoms with E-state index < -0.39 is 0 Å². The van der Waals surface area contributed by atoms with E-state index in [1.807, 2.05) is 31.2 Å². The molecule has 0 amide bonds. The molecule has 1 atom stereocenters.